The summed E-state index contributed by atoms with van der Waals surface area (Å²) in [6.45, 7) is 4.82. The van der Waals surface area contributed by atoms with Gasteiger partial charge in [-0.05, 0) is 72.4 Å². The van der Waals surface area contributed by atoms with Crippen molar-refractivity contribution in [1.82, 2.24) is 40.1 Å². The highest BCUT2D eigenvalue weighted by Crippen LogP contribution is 2.38. The molecule has 3 aliphatic heterocycles. The molecule has 3 fully saturated rings. The average Bonchev–Trinajstić information content (AvgIpc) is 3.51. The molecule has 16 heteroatoms. The standard InChI is InChI=1S/C33H41BrF3N9O3/c34-26-19-21(18-25(28(26)38)33(35,36)37)20-27(30(47)44-16-14-43(15-17-44)23-6-10-39-11-7-23)40-31(48)45-12-8-24(9-13-45)46-32(49)41-29(42-46)22-4-2-1-3-5-22/h1-5,18-19,23-24,27,39H,6-17,20,38H2,(H,40,48)(H,41,42,49)/t27-/m1/s1. The van der Waals surface area contributed by atoms with Crippen LogP contribution in [0.4, 0.5) is 23.7 Å². The van der Waals surface area contributed by atoms with Crippen molar-refractivity contribution in [2.24, 2.45) is 0 Å². The van der Waals surface area contributed by atoms with E-state index >= 15 is 0 Å². The molecule has 12 nitrogen and oxygen atoms in total. The number of piperidine rings is 2. The van der Waals surface area contributed by atoms with Crippen LogP contribution in [0, 0.1) is 0 Å². The summed E-state index contributed by atoms with van der Waals surface area (Å²) in [7, 11) is 0. The number of alkyl halides is 3. The lowest BCUT2D eigenvalue weighted by molar-refractivity contribution is -0.137. The topological polar surface area (TPSA) is 145 Å². The Kier molecular flexibility index (Phi) is 10.6. The van der Waals surface area contributed by atoms with Gasteiger partial charge in [0.25, 0.3) is 0 Å². The number of anilines is 1. The second-order valence-electron chi connectivity index (χ2n) is 12.9. The predicted octanol–water partition coefficient (Wildman–Crippen LogP) is 3.46. The van der Waals surface area contributed by atoms with Crippen molar-refractivity contribution in [3.05, 3.63) is 68.5 Å². The number of aromatic amines is 1. The van der Waals surface area contributed by atoms with Crippen LogP contribution >= 0.6 is 15.9 Å². The van der Waals surface area contributed by atoms with E-state index in [1.807, 2.05) is 30.3 Å². The number of nitrogens with zero attached hydrogens (tertiary/aromatic N) is 5. The number of nitrogens with two attached hydrogens (primary N) is 1. The van der Waals surface area contributed by atoms with E-state index in [0.29, 0.717) is 64.0 Å². The molecule has 264 valence electrons. The number of halogens is 4. The van der Waals surface area contributed by atoms with Gasteiger partial charge in [0.1, 0.15) is 6.04 Å². The van der Waals surface area contributed by atoms with Crippen LogP contribution in [0.15, 0.2) is 51.7 Å². The summed E-state index contributed by atoms with van der Waals surface area (Å²) in [6, 6.07) is 10.3. The SMILES string of the molecule is Nc1c(Br)cc(C[C@@H](NC(=O)N2CCC(n3nc(-c4ccccc4)[nH]c3=O)CC2)C(=O)N2CCN(C3CCNCC3)CC2)cc1C(F)(F)F. The maximum atomic E-state index is 14.0. The van der Waals surface area contributed by atoms with Crippen LogP contribution in [0.5, 0.6) is 0 Å². The normalized spacial score (nSPS) is 19.2. The summed E-state index contributed by atoms with van der Waals surface area (Å²) in [4.78, 5) is 48.8. The number of hydrogen-bond donors (Lipinski definition) is 4. The lowest BCUT2D eigenvalue weighted by Gasteiger charge is -2.42. The van der Waals surface area contributed by atoms with E-state index < -0.39 is 29.5 Å². The van der Waals surface area contributed by atoms with Gasteiger partial charge in [-0.3, -0.25) is 14.7 Å². The minimum Gasteiger partial charge on any atom is -0.397 e. The van der Waals surface area contributed by atoms with Crippen LogP contribution in [-0.2, 0) is 17.4 Å². The summed E-state index contributed by atoms with van der Waals surface area (Å²) in [5.74, 6) is 0.123. The molecule has 1 atom stereocenters. The van der Waals surface area contributed by atoms with E-state index in [4.69, 9.17) is 5.73 Å². The number of likely N-dealkylation sites (tertiary alicyclic amines) is 1. The minimum absolute atomic E-state index is 0.0662. The lowest BCUT2D eigenvalue weighted by atomic mass is 10.00. The number of nitrogen functional groups attached to an aromatic ring is 1. The number of H-pyrrole nitrogens is 1. The molecule has 1 aromatic heterocycles. The fourth-order valence-electron chi connectivity index (χ4n) is 7.03. The number of urea groups is 1. The highest BCUT2D eigenvalue weighted by Gasteiger charge is 2.36. The number of rotatable bonds is 7. The zero-order valence-corrected chi connectivity index (χ0v) is 28.6. The number of carbonyl (C=O) groups is 2. The Labute approximate surface area is 290 Å². The van der Waals surface area contributed by atoms with Gasteiger partial charge in [-0.1, -0.05) is 30.3 Å². The third-order valence-electron chi connectivity index (χ3n) is 9.77. The third kappa shape index (κ3) is 8.13. The van der Waals surface area contributed by atoms with E-state index in [0.717, 1.165) is 37.6 Å². The molecule has 6 rings (SSSR count). The number of amides is 3. The van der Waals surface area contributed by atoms with Crippen molar-refractivity contribution in [2.75, 3.05) is 58.1 Å². The van der Waals surface area contributed by atoms with Crippen molar-refractivity contribution < 1.29 is 22.8 Å². The smallest absolute Gasteiger partial charge is 0.397 e. The van der Waals surface area contributed by atoms with Crippen molar-refractivity contribution in [2.45, 2.75) is 56.4 Å². The Balaban J connectivity index is 1.14. The molecule has 0 radical (unpaired) electrons. The number of carbonyl (C=O) groups excluding carboxylic acids is 2. The Morgan fingerprint density at radius 1 is 0.959 bits per heavy atom. The zero-order chi connectivity index (χ0) is 34.7. The first-order valence-electron chi connectivity index (χ1n) is 16.7. The van der Waals surface area contributed by atoms with Gasteiger partial charge in [0.05, 0.1) is 17.3 Å². The van der Waals surface area contributed by atoms with Crippen LogP contribution in [0.2, 0.25) is 0 Å². The molecular weight excluding hydrogens is 707 g/mol. The van der Waals surface area contributed by atoms with Gasteiger partial charge in [-0.15, -0.1) is 5.10 Å². The number of aromatic nitrogens is 3. The first kappa shape index (κ1) is 35.0. The molecule has 0 bridgehead atoms. The van der Waals surface area contributed by atoms with E-state index in [2.05, 4.69) is 41.5 Å². The van der Waals surface area contributed by atoms with Crippen LogP contribution in [0.25, 0.3) is 11.4 Å². The van der Waals surface area contributed by atoms with Gasteiger partial charge < -0.3 is 26.2 Å². The highest BCUT2D eigenvalue weighted by atomic mass is 79.9. The van der Waals surface area contributed by atoms with Crippen LogP contribution < -0.4 is 22.1 Å². The Morgan fingerprint density at radius 3 is 2.29 bits per heavy atom. The first-order chi connectivity index (χ1) is 23.5. The zero-order valence-electron chi connectivity index (χ0n) is 27.0. The van der Waals surface area contributed by atoms with Gasteiger partial charge in [-0.25, -0.2) is 14.3 Å². The van der Waals surface area contributed by atoms with Gasteiger partial charge in [0, 0.05) is 61.8 Å². The molecule has 3 aliphatic rings. The summed E-state index contributed by atoms with van der Waals surface area (Å²) in [5.41, 5.74) is 4.96. The summed E-state index contributed by atoms with van der Waals surface area (Å²) in [6.07, 6.45) is -1.84. The number of piperazine rings is 1. The summed E-state index contributed by atoms with van der Waals surface area (Å²) in [5, 5.41) is 10.7. The van der Waals surface area contributed by atoms with Crippen molar-refractivity contribution in [3.8, 4) is 11.4 Å². The van der Waals surface area contributed by atoms with Gasteiger partial charge in [0.2, 0.25) is 5.91 Å². The second kappa shape index (κ2) is 14.9. The lowest BCUT2D eigenvalue weighted by Crippen LogP contribution is -2.59. The minimum atomic E-state index is -4.70. The molecular formula is C33H41BrF3N9O3. The van der Waals surface area contributed by atoms with E-state index in [1.165, 1.54) is 10.7 Å². The molecule has 0 aliphatic carbocycles. The molecule has 4 heterocycles. The van der Waals surface area contributed by atoms with Crippen molar-refractivity contribution in [1.29, 1.82) is 0 Å². The number of benzene rings is 2. The maximum Gasteiger partial charge on any atom is 0.418 e. The Morgan fingerprint density at radius 2 is 1.63 bits per heavy atom. The third-order valence-corrected chi connectivity index (χ3v) is 10.4. The van der Waals surface area contributed by atoms with E-state index in [1.54, 1.807) is 9.80 Å². The number of nitrogens with one attached hydrogen (secondary N) is 3. The molecule has 0 saturated carbocycles. The fraction of sp³-hybridized carbons (Fsp3) is 0.515. The Bertz CT molecular complexity index is 1680. The quantitative estimate of drug-likeness (QED) is 0.271. The van der Waals surface area contributed by atoms with Crippen LogP contribution in [0.3, 0.4) is 0 Å². The van der Waals surface area contributed by atoms with Gasteiger partial charge in [0.15, 0.2) is 5.82 Å². The van der Waals surface area contributed by atoms with E-state index in [-0.39, 0.29) is 34.1 Å². The first-order valence-corrected chi connectivity index (χ1v) is 17.5. The molecule has 3 saturated heterocycles. The molecule has 0 spiro atoms. The molecule has 0 unspecified atom stereocenters. The second-order valence-corrected chi connectivity index (χ2v) is 13.7. The largest absolute Gasteiger partial charge is 0.418 e. The fourth-order valence-corrected chi connectivity index (χ4v) is 7.53. The van der Waals surface area contributed by atoms with Crippen LogP contribution in [0.1, 0.15) is 42.9 Å². The van der Waals surface area contributed by atoms with E-state index in [9.17, 15) is 27.6 Å². The monoisotopic (exact) mass is 747 g/mol. The van der Waals surface area contributed by atoms with Gasteiger partial charge >= 0.3 is 17.9 Å². The highest BCUT2D eigenvalue weighted by molar-refractivity contribution is 9.10. The van der Waals surface area contributed by atoms with Crippen molar-refractivity contribution >= 4 is 33.6 Å². The molecule has 2 aromatic carbocycles. The predicted molar refractivity (Wildman–Crippen MR) is 182 cm³/mol. The average molecular weight is 749 g/mol. The van der Waals surface area contributed by atoms with Crippen molar-refractivity contribution in [3.63, 3.8) is 0 Å². The van der Waals surface area contributed by atoms with Gasteiger partial charge in [-0.2, -0.15) is 13.2 Å². The molecule has 3 amide bonds. The molecule has 49 heavy (non-hydrogen) atoms. The maximum absolute atomic E-state index is 14.0. The summed E-state index contributed by atoms with van der Waals surface area (Å²) < 4.78 is 42.9. The Hall–Kier alpha value is -3.89. The molecule has 5 N–H and O–H groups in total. The number of hydrogen-bond acceptors (Lipinski definition) is 7. The summed E-state index contributed by atoms with van der Waals surface area (Å²) >= 11 is 3.14. The molecule has 3 aromatic rings. The van der Waals surface area contributed by atoms with Crippen LogP contribution in [-0.4, -0.2) is 106 Å².